The normalized spacial score (nSPS) is 18.9. The Morgan fingerprint density at radius 3 is 2.19 bits per heavy atom. The second kappa shape index (κ2) is 9.23. The van der Waals surface area contributed by atoms with Gasteiger partial charge in [-0.05, 0) is 29.8 Å². The van der Waals surface area contributed by atoms with Gasteiger partial charge in [-0.25, -0.2) is 0 Å². The second-order valence-corrected chi connectivity index (χ2v) is 8.68. The standard InChI is InChI=1S/C26H27ClN4O/c27-22-11-5-7-13-24(22)30-17-14-29(15-18-30)16-19-31-23-12-6-4-10-21(23)26(32)28-25(31)20-8-2-1-3-9-20/h1-13,25H,14-19H2,(H,28,32). The highest BCUT2D eigenvalue weighted by atomic mass is 35.5. The highest BCUT2D eigenvalue weighted by molar-refractivity contribution is 6.33. The van der Waals surface area contributed by atoms with Crippen molar-refractivity contribution in [2.75, 3.05) is 49.1 Å². The molecule has 0 bridgehead atoms. The Morgan fingerprint density at radius 2 is 1.44 bits per heavy atom. The van der Waals surface area contributed by atoms with E-state index < -0.39 is 0 Å². The minimum absolute atomic E-state index is 0.0148. The first kappa shape index (κ1) is 20.9. The molecule has 164 valence electrons. The summed E-state index contributed by atoms with van der Waals surface area (Å²) in [4.78, 5) is 19.9. The van der Waals surface area contributed by atoms with Gasteiger partial charge in [0.1, 0.15) is 6.17 Å². The van der Waals surface area contributed by atoms with Crippen LogP contribution in [0.5, 0.6) is 0 Å². The van der Waals surface area contributed by atoms with Gasteiger partial charge in [-0.3, -0.25) is 9.69 Å². The molecule has 3 aromatic rings. The van der Waals surface area contributed by atoms with Gasteiger partial charge in [-0.2, -0.15) is 0 Å². The zero-order valence-electron chi connectivity index (χ0n) is 18.0. The maximum atomic E-state index is 12.8. The van der Waals surface area contributed by atoms with Crippen LogP contribution >= 0.6 is 11.6 Å². The molecule has 1 unspecified atom stereocenters. The van der Waals surface area contributed by atoms with Gasteiger partial charge in [0.2, 0.25) is 0 Å². The van der Waals surface area contributed by atoms with Crippen molar-refractivity contribution in [3.8, 4) is 0 Å². The van der Waals surface area contributed by atoms with E-state index in [1.54, 1.807) is 0 Å². The lowest BCUT2D eigenvalue weighted by Crippen LogP contribution is -2.52. The number of carbonyl (C=O) groups is 1. The van der Waals surface area contributed by atoms with E-state index >= 15 is 0 Å². The summed E-state index contributed by atoms with van der Waals surface area (Å²) in [6.07, 6.45) is -0.164. The van der Waals surface area contributed by atoms with Crippen LogP contribution in [0.4, 0.5) is 11.4 Å². The number of piperazine rings is 1. The van der Waals surface area contributed by atoms with E-state index in [1.807, 2.05) is 54.6 Å². The third-order valence-electron chi connectivity index (χ3n) is 6.38. The summed E-state index contributed by atoms with van der Waals surface area (Å²) < 4.78 is 0. The number of para-hydroxylation sites is 2. The quantitative estimate of drug-likeness (QED) is 0.630. The average molecular weight is 447 g/mol. The SMILES string of the molecule is O=C1NC(c2ccccc2)N(CCN2CCN(c3ccccc3Cl)CC2)c2ccccc21. The highest BCUT2D eigenvalue weighted by Gasteiger charge is 2.31. The van der Waals surface area contributed by atoms with Crippen LogP contribution in [0.25, 0.3) is 0 Å². The van der Waals surface area contributed by atoms with Crippen LogP contribution < -0.4 is 15.1 Å². The largest absolute Gasteiger partial charge is 0.368 e. The van der Waals surface area contributed by atoms with Crippen LogP contribution in [-0.4, -0.2) is 50.1 Å². The molecule has 0 radical (unpaired) electrons. The van der Waals surface area contributed by atoms with Crippen molar-refractivity contribution in [1.82, 2.24) is 10.2 Å². The van der Waals surface area contributed by atoms with E-state index in [2.05, 4.69) is 44.3 Å². The zero-order valence-corrected chi connectivity index (χ0v) is 18.7. The number of nitrogens with one attached hydrogen (secondary N) is 1. The van der Waals surface area contributed by atoms with Crippen LogP contribution in [0, 0.1) is 0 Å². The number of hydrogen-bond acceptors (Lipinski definition) is 4. The second-order valence-electron chi connectivity index (χ2n) is 8.28. The summed E-state index contributed by atoms with van der Waals surface area (Å²) in [5.41, 5.74) is 3.95. The predicted molar refractivity (Wildman–Crippen MR) is 131 cm³/mol. The van der Waals surface area contributed by atoms with Crippen LogP contribution in [0.15, 0.2) is 78.9 Å². The molecule has 0 saturated carbocycles. The van der Waals surface area contributed by atoms with Crippen molar-refractivity contribution in [1.29, 1.82) is 0 Å². The fourth-order valence-corrected chi connectivity index (χ4v) is 4.91. The molecule has 5 nitrogen and oxygen atoms in total. The Balaban J connectivity index is 1.29. The van der Waals surface area contributed by atoms with Crippen molar-refractivity contribution in [3.05, 3.63) is 95.0 Å². The number of fused-ring (bicyclic) bond motifs is 1. The van der Waals surface area contributed by atoms with Crippen LogP contribution in [0.3, 0.4) is 0 Å². The molecule has 0 spiro atoms. The fraction of sp³-hybridized carbons (Fsp3) is 0.269. The minimum Gasteiger partial charge on any atom is -0.368 e. The summed E-state index contributed by atoms with van der Waals surface area (Å²) >= 11 is 6.39. The third-order valence-corrected chi connectivity index (χ3v) is 6.70. The molecule has 6 heteroatoms. The fourth-order valence-electron chi connectivity index (χ4n) is 4.65. The van der Waals surface area contributed by atoms with Crippen molar-refractivity contribution in [2.24, 2.45) is 0 Å². The van der Waals surface area contributed by atoms with Gasteiger partial charge in [0, 0.05) is 39.3 Å². The average Bonchev–Trinajstić information content (AvgIpc) is 2.85. The molecule has 2 heterocycles. The van der Waals surface area contributed by atoms with Crippen LogP contribution in [0.2, 0.25) is 5.02 Å². The van der Waals surface area contributed by atoms with Gasteiger partial charge in [0.15, 0.2) is 0 Å². The molecular weight excluding hydrogens is 420 g/mol. The maximum Gasteiger partial charge on any atom is 0.255 e. The molecule has 5 rings (SSSR count). The molecule has 0 aromatic heterocycles. The van der Waals surface area contributed by atoms with Gasteiger partial charge >= 0.3 is 0 Å². The number of nitrogens with zero attached hydrogens (tertiary/aromatic N) is 3. The van der Waals surface area contributed by atoms with Crippen molar-refractivity contribution >= 4 is 28.9 Å². The summed E-state index contributed by atoms with van der Waals surface area (Å²) in [6, 6.07) is 26.2. The van der Waals surface area contributed by atoms with Crippen LogP contribution in [-0.2, 0) is 0 Å². The number of hydrogen-bond donors (Lipinski definition) is 1. The molecule has 1 N–H and O–H groups in total. The van der Waals surface area contributed by atoms with E-state index in [-0.39, 0.29) is 12.1 Å². The number of anilines is 2. The summed E-state index contributed by atoms with van der Waals surface area (Å²) in [7, 11) is 0. The van der Waals surface area contributed by atoms with E-state index in [0.29, 0.717) is 0 Å². The lowest BCUT2D eigenvalue weighted by Gasteiger charge is -2.41. The zero-order chi connectivity index (χ0) is 21.9. The first-order chi connectivity index (χ1) is 15.7. The van der Waals surface area contributed by atoms with Gasteiger partial charge < -0.3 is 15.1 Å². The molecule has 1 fully saturated rings. The van der Waals surface area contributed by atoms with Crippen molar-refractivity contribution in [2.45, 2.75) is 6.17 Å². The Bertz CT molecular complexity index is 1080. The Morgan fingerprint density at radius 1 is 0.781 bits per heavy atom. The predicted octanol–water partition coefficient (Wildman–Crippen LogP) is 4.41. The summed E-state index contributed by atoms with van der Waals surface area (Å²) in [5.74, 6) is -0.0148. The van der Waals surface area contributed by atoms with E-state index in [0.717, 1.165) is 66.8 Å². The summed E-state index contributed by atoms with van der Waals surface area (Å²) in [6.45, 7) is 5.66. The van der Waals surface area contributed by atoms with Crippen LogP contribution in [0.1, 0.15) is 22.1 Å². The smallest absolute Gasteiger partial charge is 0.255 e. The lowest BCUT2D eigenvalue weighted by atomic mass is 10.0. The van der Waals surface area contributed by atoms with Gasteiger partial charge in [-0.15, -0.1) is 0 Å². The summed E-state index contributed by atoms with van der Waals surface area (Å²) in [5, 5.41) is 4.02. The Hall–Kier alpha value is -3.02. The number of rotatable bonds is 5. The topological polar surface area (TPSA) is 38.8 Å². The molecule has 32 heavy (non-hydrogen) atoms. The number of carbonyl (C=O) groups excluding carboxylic acids is 1. The van der Waals surface area contributed by atoms with Crippen molar-refractivity contribution in [3.63, 3.8) is 0 Å². The molecule has 1 atom stereocenters. The van der Waals surface area contributed by atoms with E-state index in [4.69, 9.17) is 11.6 Å². The molecule has 1 amide bonds. The first-order valence-corrected chi connectivity index (χ1v) is 11.5. The number of halogens is 1. The van der Waals surface area contributed by atoms with Crippen molar-refractivity contribution < 1.29 is 4.79 Å². The maximum absolute atomic E-state index is 12.8. The third kappa shape index (κ3) is 4.18. The Kier molecular flexibility index (Phi) is 6.02. The monoisotopic (exact) mass is 446 g/mol. The molecule has 2 aliphatic rings. The molecule has 0 aliphatic carbocycles. The molecule has 1 saturated heterocycles. The molecular formula is C26H27ClN4O. The lowest BCUT2D eigenvalue weighted by molar-refractivity contribution is 0.0925. The van der Waals surface area contributed by atoms with Gasteiger partial charge in [-0.1, -0.05) is 66.2 Å². The minimum atomic E-state index is -0.164. The Labute approximate surface area is 194 Å². The molecule has 2 aliphatic heterocycles. The van der Waals surface area contributed by atoms with E-state index in [9.17, 15) is 4.79 Å². The highest BCUT2D eigenvalue weighted by Crippen LogP contribution is 2.33. The number of benzene rings is 3. The van der Waals surface area contributed by atoms with E-state index in [1.165, 1.54) is 0 Å². The van der Waals surface area contributed by atoms with Gasteiger partial charge in [0.05, 0.1) is 22.0 Å². The number of amides is 1. The molecule has 3 aromatic carbocycles. The first-order valence-electron chi connectivity index (χ1n) is 11.1. The van der Waals surface area contributed by atoms with Gasteiger partial charge in [0.25, 0.3) is 5.91 Å².